The second-order valence-corrected chi connectivity index (χ2v) is 6.79. The molecule has 10 nitrogen and oxygen atoms in total. The van der Waals surface area contributed by atoms with E-state index >= 15 is 0 Å². The van der Waals surface area contributed by atoms with Crippen LogP contribution < -0.4 is 11.1 Å². The zero-order chi connectivity index (χ0) is 21.4. The summed E-state index contributed by atoms with van der Waals surface area (Å²) in [5.74, 6) is -1.35. The van der Waals surface area contributed by atoms with Crippen LogP contribution in [0.1, 0.15) is 38.7 Å². The molecule has 30 heavy (non-hydrogen) atoms. The van der Waals surface area contributed by atoms with Gasteiger partial charge in [-0.25, -0.2) is 9.59 Å². The van der Waals surface area contributed by atoms with Crippen LogP contribution in [0.3, 0.4) is 0 Å². The Bertz CT molecular complexity index is 756. The monoisotopic (exact) mass is 423 g/mol. The van der Waals surface area contributed by atoms with E-state index in [9.17, 15) is 19.2 Å². The fraction of sp³-hybridized carbons (Fsp3) is 0.500. The Morgan fingerprint density at radius 2 is 1.87 bits per heavy atom. The van der Waals surface area contributed by atoms with E-state index in [1.54, 1.807) is 37.3 Å². The molecular formula is C20H29N3O7. The molecule has 1 aliphatic heterocycles. The van der Waals surface area contributed by atoms with E-state index in [0.717, 1.165) is 17.7 Å². The Kier molecular flexibility index (Phi) is 9.41. The molecule has 0 radical (unpaired) electrons. The second-order valence-electron chi connectivity index (χ2n) is 6.79. The first-order chi connectivity index (χ1) is 13.9. The molecule has 1 aromatic carbocycles. The lowest BCUT2D eigenvalue weighted by molar-refractivity contribution is -0.146. The normalized spacial score (nSPS) is 19.7. The summed E-state index contributed by atoms with van der Waals surface area (Å²) in [6, 6.07) is 7.67. The number of carbonyl (C=O) groups is 4. The minimum atomic E-state index is -1.55. The first kappa shape index (κ1) is 25.1. The first-order valence-corrected chi connectivity index (χ1v) is 9.63. The maximum absolute atomic E-state index is 13.3. The number of primary amides is 1. The Morgan fingerprint density at radius 3 is 2.43 bits per heavy atom. The topological polar surface area (TPSA) is 160 Å². The van der Waals surface area contributed by atoms with Crippen LogP contribution in [0.25, 0.3) is 0 Å². The number of nitrogens with two attached hydrogens (primary N) is 1. The van der Waals surface area contributed by atoms with Gasteiger partial charge in [-0.3, -0.25) is 19.8 Å². The van der Waals surface area contributed by atoms with Gasteiger partial charge in [0.2, 0.25) is 5.91 Å². The molecule has 2 unspecified atom stereocenters. The summed E-state index contributed by atoms with van der Waals surface area (Å²) in [7, 11) is 0. The van der Waals surface area contributed by atoms with Crippen molar-refractivity contribution in [1.82, 2.24) is 10.2 Å². The molecule has 10 heteroatoms. The van der Waals surface area contributed by atoms with Gasteiger partial charge in [-0.1, -0.05) is 50.6 Å². The SMILES string of the molecule is CCCCOCC(CN1C(=O)NC(=O)C(CC)(c2ccccc2)C1=O)OC(N)=O.O. The van der Waals surface area contributed by atoms with Crippen molar-refractivity contribution >= 4 is 23.9 Å². The molecule has 1 aromatic rings. The van der Waals surface area contributed by atoms with Crippen molar-refractivity contribution in [3.8, 4) is 0 Å². The molecule has 0 aliphatic carbocycles. The molecule has 5 N–H and O–H groups in total. The Morgan fingerprint density at radius 1 is 1.20 bits per heavy atom. The molecule has 1 saturated heterocycles. The van der Waals surface area contributed by atoms with Gasteiger partial charge in [0.05, 0.1) is 13.2 Å². The predicted molar refractivity (Wildman–Crippen MR) is 107 cm³/mol. The number of barbiturate groups is 1. The van der Waals surface area contributed by atoms with Crippen LogP contribution in [0.15, 0.2) is 30.3 Å². The maximum Gasteiger partial charge on any atom is 0.404 e. The Hall–Kier alpha value is -2.98. The average molecular weight is 423 g/mol. The fourth-order valence-electron chi connectivity index (χ4n) is 3.30. The lowest BCUT2D eigenvalue weighted by Crippen LogP contribution is -2.67. The molecule has 166 valence electrons. The van der Waals surface area contributed by atoms with Crippen LogP contribution in [0.5, 0.6) is 0 Å². The summed E-state index contributed by atoms with van der Waals surface area (Å²) in [4.78, 5) is 50.6. The highest BCUT2D eigenvalue weighted by Crippen LogP contribution is 2.33. The van der Waals surface area contributed by atoms with E-state index in [4.69, 9.17) is 15.2 Å². The number of unbranched alkanes of at least 4 members (excludes halogenated alkanes) is 1. The van der Waals surface area contributed by atoms with Crippen LogP contribution in [0, 0.1) is 0 Å². The number of rotatable bonds is 10. The number of benzene rings is 1. The number of carbonyl (C=O) groups excluding carboxylic acids is 4. The number of hydrogen-bond donors (Lipinski definition) is 2. The highest BCUT2D eigenvalue weighted by molar-refractivity contribution is 6.22. The van der Waals surface area contributed by atoms with Gasteiger partial charge in [-0.05, 0) is 18.4 Å². The zero-order valence-electron chi connectivity index (χ0n) is 17.2. The summed E-state index contributed by atoms with van der Waals surface area (Å²) >= 11 is 0. The molecule has 1 heterocycles. The van der Waals surface area contributed by atoms with Crippen LogP contribution in [-0.4, -0.2) is 60.2 Å². The van der Waals surface area contributed by atoms with Crippen LogP contribution in [0.2, 0.25) is 0 Å². The quantitative estimate of drug-likeness (QED) is 0.419. The van der Waals surface area contributed by atoms with Crippen molar-refractivity contribution in [2.75, 3.05) is 19.8 Å². The van der Waals surface area contributed by atoms with E-state index < -0.39 is 35.5 Å². The highest BCUT2D eigenvalue weighted by atomic mass is 16.6. The molecule has 1 fully saturated rings. The highest BCUT2D eigenvalue weighted by Gasteiger charge is 2.54. The lowest BCUT2D eigenvalue weighted by Gasteiger charge is -2.39. The van der Waals surface area contributed by atoms with E-state index in [1.165, 1.54) is 0 Å². The largest absolute Gasteiger partial charge is 0.442 e. The Labute approximate surface area is 175 Å². The van der Waals surface area contributed by atoms with E-state index in [1.807, 2.05) is 6.92 Å². The first-order valence-electron chi connectivity index (χ1n) is 9.63. The van der Waals surface area contributed by atoms with Crippen molar-refractivity contribution in [3.63, 3.8) is 0 Å². The van der Waals surface area contributed by atoms with Gasteiger partial charge in [-0.2, -0.15) is 0 Å². The number of imide groups is 2. The van der Waals surface area contributed by atoms with Gasteiger partial charge in [0.25, 0.3) is 5.91 Å². The molecule has 0 aromatic heterocycles. The van der Waals surface area contributed by atoms with Crippen LogP contribution >= 0.6 is 0 Å². The maximum atomic E-state index is 13.3. The molecule has 2 rings (SSSR count). The number of urea groups is 1. The summed E-state index contributed by atoms with van der Waals surface area (Å²) < 4.78 is 10.5. The van der Waals surface area contributed by atoms with Crippen LogP contribution in [0.4, 0.5) is 9.59 Å². The smallest absolute Gasteiger partial charge is 0.404 e. The predicted octanol–water partition coefficient (Wildman–Crippen LogP) is 0.869. The van der Waals surface area contributed by atoms with Gasteiger partial charge in [-0.15, -0.1) is 0 Å². The van der Waals surface area contributed by atoms with E-state index in [0.29, 0.717) is 12.2 Å². The summed E-state index contributed by atoms with van der Waals surface area (Å²) in [6.07, 6.45) is -0.0994. The number of nitrogens with zero attached hydrogens (tertiary/aromatic N) is 1. The fourth-order valence-corrected chi connectivity index (χ4v) is 3.30. The third-order valence-electron chi connectivity index (χ3n) is 4.88. The third-order valence-corrected chi connectivity index (χ3v) is 4.88. The van der Waals surface area contributed by atoms with Crippen molar-refractivity contribution in [3.05, 3.63) is 35.9 Å². The van der Waals surface area contributed by atoms with Crippen molar-refractivity contribution in [2.45, 2.75) is 44.6 Å². The molecule has 1 aliphatic rings. The van der Waals surface area contributed by atoms with Gasteiger partial charge in [0.1, 0.15) is 6.10 Å². The molecule has 0 spiro atoms. The molecule has 2 atom stereocenters. The lowest BCUT2D eigenvalue weighted by atomic mass is 9.74. The molecule has 5 amide bonds. The number of ether oxygens (including phenoxy) is 2. The van der Waals surface area contributed by atoms with Gasteiger partial charge < -0.3 is 20.7 Å². The van der Waals surface area contributed by atoms with Gasteiger partial charge in [0, 0.05) is 6.61 Å². The molecular weight excluding hydrogens is 394 g/mol. The second kappa shape index (κ2) is 11.3. The molecule has 0 bridgehead atoms. The zero-order valence-corrected chi connectivity index (χ0v) is 17.2. The van der Waals surface area contributed by atoms with Crippen molar-refractivity contribution in [1.29, 1.82) is 0 Å². The summed E-state index contributed by atoms with van der Waals surface area (Å²) in [5, 5.41) is 2.25. The van der Waals surface area contributed by atoms with E-state index in [-0.39, 0.29) is 25.0 Å². The number of nitrogens with one attached hydrogen (secondary N) is 1. The Balaban J connectivity index is 0.00000450. The van der Waals surface area contributed by atoms with Crippen molar-refractivity contribution < 1.29 is 34.1 Å². The summed E-state index contributed by atoms with van der Waals surface area (Å²) in [6.45, 7) is 3.84. The summed E-state index contributed by atoms with van der Waals surface area (Å²) in [5.41, 5.74) is 4.05. The van der Waals surface area contributed by atoms with Crippen LogP contribution in [-0.2, 0) is 24.5 Å². The number of hydrogen-bond acceptors (Lipinski definition) is 6. The van der Waals surface area contributed by atoms with Gasteiger partial charge in [0.15, 0.2) is 5.41 Å². The standard InChI is InChI=1S/C20H27N3O6.H2O/c1-3-5-11-28-13-15(29-18(21)26)12-23-17(25)20(4-2,16(24)22-19(23)27)14-9-7-6-8-10-14;/h6-10,15H,3-5,11-13H2,1-2H3,(H2,21,26)(H,22,24,27);1H2. The third kappa shape index (κ3) is 5.33. The van der Waals surface area contributed by atoms with Gasteiger partial charge >= 0.3 is 12.1 Å². The minimum Gasteiger partial charge on any atom is -0.442 e. The van der Waals surface area contributed by atoms with E-state index in [2.05, 4.69) is 5.32 Å². The average Bonchev–Trinajstić information content (AvgIpc) is 2.69. The minimum absolute atomic E-state index is 0. The number of amides is 5. The molecule has 0 saturated carbocycles. The van der Waals surface area contributed by atoms with Crippen molar-refractivity contribution in [2.24, 2.45) is 5.73 Å².